The number of hydrogen-bond acceptors (Lipinski definition) is 6. The summed E-state index contributed by atoms with van der Waals surface area (Å²) in [6.07, 6.45) is 1.08. The fourth-order valence-corrected chi connectivity index (χ4v) is 1.82. The maximum atomic E-state index is 11.9. The summed E-state index contributed by atoms with van der Waals surface area (Å²) in [4.78, 5) is 23.5. The van der Waals surface area contributed by atoms with Crippen molar-refractivity contribution in [2.45, 2.75) is 13.8 Å². The van der Waals surface area contributed by atoms with Crippen LogP contribution in [-0.4, -0.2) is 32.2 Å². The maximum Gasteiger partial charge on any atom is 0.356 e. The number of nitrogens with one attached hydrogen (secondary N) is 1. The van der Waals surface area contributed by atoms with Gasteiger partial charge in [0.2, 0.25) is 0 Å². The van der Waals surface area contributed by atoms with E-state index in [0.717, 1.165) is 16.2 Å². The third kappa shape index (κ3) is 5.77. The Bertz CT molecular complexity index is 543. The van der Waals surface area contributed by atoms with Gasteiger partial charge in [-0.25, -0.2) is 9.59 Å². The van der Waals surface area contributed by atoms with E-state index in [1.165, 1.54) is 0 Å². The Labute approximate surface area is 138 Å². The molecule has 0 fully saturated rings. The first kappa shape index (κ1) is 18.0. The van der Waals surface area contributed by atoms with Gasteiger partial charge in [-0.2, -0.15) is 0 Å². The number of carbonyl (C=O) groups is 2. The van der Waals surface area contributed by atoms with Crippen LogP contribution in [0.1, 0.15) is 13.8 Å². The fraction of sp³-hybridized carbons (Fsp3) is 0.333. The van der Waals surface area contributed by atoms with Gasteiger partial charge in [0.05, 0.1) is 25.0 Å². The molecule has 0 saturated carbocycles. The number of ether oxygens (including phenoxy) is 2. The molecule has 0 spiro atoms. The normalized spacial score (nSPS) is 10.8. The molecule has 6 nitrogen and oxygen atoms in total. The molecule has 0 aliphatic carbocycles. The highest BCUT2D eigenvalue weighted by molar-refractivity contribution is 9.10. The van der Waals surface area contributed by atoms with Gasteiger partial charge in [0.15, 0.2) is 0 Å². The first-order chi connectivity index (χ1) is 10.5. The van der Waals surface area contributed by atoms with Crippen molar-refractivity contribution < 1.29 is 19.1 Å². The molecule has 0 aliphatic heterocycles. The van der Waals surface area contributed by atoms with Crippen LogP contribution in [0.4, 0.5) is 5.69 Å². The number of rotatable bonds is 7. The predicted octanol–water partition coefficient (Wildman–Crippen LogP) is 2.40. The number of hydrazine groups is 1. The predicted molar refractivity (Wildman–Crippen MR) is 87.0 cm³/mol. The van der Waals surface area contributed by atoms with E-state index in [1.807, 2.05) is 24.3 Å². The zero-order valence-corrected chi connectivity index (χ0v) is 14.3. The second-order valence-corrected chi connectivity index (χ2v) is 5.09. The molecule has 0 saturated heterocycles. The van der Waals surface area contributed by atoms with Gasteiger partial charge in [-0.1, -0.05) is 15.9 Å². The van der Waals surface area contributed by atoms with Crippen molar-refractivity contribution in [1.82, 2.24) is 5.43 Å². The molecule has 120 valence electrons. The Morgan fingerprint density at radius 3 is 2.32 bits per heavy atom. The van der Waals surface area contributed by atoms with Crippen molar-refractivity contribution in [2.24, 2.45) is 0 Å². The van der Waals surface area contributed by atoms with E-state index in [9.17, 15) is 9.59 Å². The zero-order valence-electron chi connectivity index (χ0n) is 12.8. The molecule has 0 radical (unpaired) electrons. The summed E-state index contributed by atoms with van der Waals surface area (Å²) in [6, 6.07) is 7.44. The van der Waals surface area contributed by atoms with Gasteiger partial charge in [0.25, 0.3) is 0 Å². The maximum absolute atomic E-state index is 11.9. The Morgan fingerprint density at radius 2 is 1.77 bits per heavy atom. The van der Waals surface area contributed by atoms with Crippen LogP contribution in [0, 0.1) is 0 Å². The molecule has 0 unspecified atom stereocenters. The molecular formula is C15H19BrN2O4. The van der Waals surface area contributed by atoms with Crippen molar-refractivity contribution >= 4 is 33.6 Å². The highest BCUT2D eigenvalue weighted by atomic mass is 79.9. The van der Waals surface area contributed by atoms with E-state index in [0.29, 0.717) is 0 Å². The van der Waals surface area contributed by atoms with Gasteiger partial charge in [0.1, 0.15) is 5.70 Å². The lowest BCUT2D eigenvalue weighted by molar-refractivity contribution is -0.141. The molecule has 1 aromatic carbocycles. The lowest BCUT2D eigenvalue weighted by atomic mass is 10.3. The molecule has 0 aromatic heterocycles. The second-order valence-electron chi connectivity index (χ2n) is 4.18. The van der Waals surface area contributed by atoms with Crippen LogP contribution < -0.4 is 10.4 Å². The van der Waals surface area contributed by atoms with Crippen molar-refractivity contribution in [3.8, 4) is 0 Å². The molecule has 0 atom stereocenters. The van der Waals surface area contributed by atoms with Crippen LogP contribution in [-0.2, 0) is 19.1 Å². The number of hydrogen-bond donors (Lipinski definition) is 1. The largest absolute Gasteiger partial charge is 0.463 e. The molecule has 1 N–H and O–H groups in total. The number of carbonyl (C=O) groups excluding carboxylic acids is 2. The van der Waals surface area contributed by atoms with Gasteiger partial charge >= 0.3 is 11.9 Å². The van der Waals surface area contributed by atoms with E-state index in [-0.39, 0.29) is 18.9 Å². The van der Waals surface area contributed by atoms with Gasteiger partial charge in [-0.15, -0.1) is 0 Å². The standard InChI is InChI=1S/C15H19BrN2O4/c1-4-21-14(19)10-13(15(20)22-5-2)17-18(3)12-8-6-11(16)7-9-12/h6-10,17H,4-5H2,1-3H3/b13-10-. The molecule has 0 bridgehead atoms. The molecule has 0 amide bonds. The summed E-state index contributed by atoms with van der Waals surface area (Å²) in [7, 11) is 1.72. The van der Waals surface area contributed by atoms with E-state index in [2.05, 4.69) is 21.4 Å². The number of anilines is 1. The molecule has 0 heterocycles. The third-order valence-corrected chi connectivity index (χ3v) is 3.07. The number of benzene rings is 1. The van der Waals surface area contributed by atoms with Crippen LogP contribution in [0.25, 0.3) is 0 Å². The van der Waals surface area contributed by atoms with Gasteiger partial charge in [-0.3, -0.25) is 10.4 Å². The first-order valence-electron chi connectivity index (χ1n) is 6.79. The minimum Gasteiger partial charge on any atom is -0.463 e. The Kier molecular flexibility index (Phi) is 7.45. The van der Waals surface area contributed by atoms with Crippen molar-refractivity contribution in [2.75, 3.05) is 25.3 Å². The molecule has 1 rings (SSSR count). The van der Waals surface area contributed by atoms with E-state index >= 15 is 0 Å². The van der Waals surface area contributed by atoms with Crippen LogP contribution in [0.2, 0.25) is 0 Å². The highest BCUT2D eigenvalue weighted by Crippen LogP contribution is 2.16. The van der Waals surface area contributed by atoms with Gasteiger partial charge < -0.3 is 9.47 Å². The minimum atomic E-state index is -0.625. The average molecular weight is 371 g/mol. The van der Waals surface area contributed by atoms with Crippen LogP contribution in [0.3, 0.4) is 0 Å². The summed E-state index contributed by atoms with van der Waals surface area (Å²) in [5, 5.41) is 1.61. The highest BCUT2D eigenvalue weighted by Gasteiger charge is 2.15. The zero-order chi connectivity index (χ0) is 16.5. The Balaban J connectivity index is 2.89. The quantitative estimate of drug-likeness (QED) is 0.451. The lowest BCUT2D eigenvalue weighted by Crippen LogP contribution is -2.37. The van der Waals surface area contributed by atoms with Crippen LogP contribution in [0.15, 0.2) is 40.5 Å². The fourth-order valence-electron chi connectivity index (χ4n) is 1.56. The Hall–Kier alpha value is -2.02. The SMILES string of the molecule is CCOC(=O)/C=C(\NN(C)c1ccc(Br)cc1)C(=O)OCC. The van der Waals surface area contributed by atoms with E-state index < -0.39 is 11.9 Å². The summed E-state index contributed by atoms with van der Waals surface area (Å²) >= 11 is 3.35. The topological polar surface area (TPSA) is 67.9 Å². The summed E-state index contributed by atoms with van der Waals surface area (Å²) < 4.78 is 10.7. The lowest BCUT2D eigenvalue weighted by Gasteiger charge is -2.22. The summed E-state index contributed by atoms with van der Waals surface area (Å²) in [5.74, 6) is -1.23. The van der Waals surface area contributed by atoms with Gasteiger partial charge in [-0.05, 0) is 38.1 Å². The summed E-state index contributed by atoms with van der Waals surface area (Å²) in [6.45, 7) is 3.83. The molecule has 22 heavy (non-hydrogen) atoms. The van der Waals surface area contributed by atoms with Crippen molar-refractivity contribution in [1.29, 1.82) is 0 Å². The third-order valence-electron chi connectivity index (χ3n) is 2.55. The molecular weight excluding hydrogens is 352 g/mol. The van der Waals surface area contributed by atoms with Crippen molar-refractivity contribution in [3.05, 3.63) is 40.5 Å². The number of nitrogens with zero attached hydrogens (tertiary/aromatic N) is 1. The van der Waals surface area contributed by atoms with Crippen LogP contribution in [0.5, 0.6) is 0 Å². The van der Waals surface area contributed by atoms with Crippen LogP contribution >= 0.6 is 15.9 Å². The molecule has 1 aromatic rings. The van der Waals surface area contributed by atoms with E-state index in [4.69, 9.17) is 9.47 Å². The second kappa shape index (κ2) is 9.09. The van der Waals surface area contributed by atoms with Gasteiger partial charge in [0, 0.05) is 11.5 Å². The summed E-state index contributed by atoms with van der Waals surface area (Å²) in [5.41, 5.74) is 3.64. The number of esters is 2. The number of halogens is 1. The van der Waals surface area contributed by atoms with Crippen molar-refractivity contribution in [3.63, 3.8) is 0 Å². The molecule has 0 aliphatic rings. The van der Waals surface area contributed by atoms with E-state index in [1.54, 1.807) is 25.9 Å². The average Bonchev–Trinajstić information content (AvgIpc) is 2.47. The first-order valence-corrected chi connectivity index (χ1v) is 7.58. The minimum absolute atomic E-state index is 0.00530. The smallest absolute Gasteiger partial charge is 0.356 e. The monoisotopic (exact) mass is 370 g/mol. The Morgan fingerprint density at radius 1 is 1.18 bits per heavy atom. The molecule has 7 heteroatoms.